The van der Waals surface area contributed by atoms with E-state index in [0.717, 1.165) is 50.1 Å². The Morgan fingerprint density at radius 3 is 1.16 bits per heavy atom. The molecule has 1 aliphatic carbocycles. The first-order chi connectivity index (χ1) is 52.0. The minimum Gasteiger partial charge on any atom is -0.390 e. The molecule has 560 valence electrons. The predicted octanol–water partition coefficient (Wildman–Crippen LogP) is 13.9. The van der Waals surface area contributed by atoms with Crippen molar-refractivity contribution in [2.24, 2.45) is 5.92 Å². The number of aliphatic hydroxyl groups is 1. The topological polar surface area (TPSA) is 193 Å². The van der Waals surface area contributed by atoms with Crippen LogP contribution in [0.5, 0.6) is 0 Å². The Labute approximate surface area is 623 Å². The van der Waals surface area contributed by atoms with Crippen LogP contribution in [-0.2, 0) is 140 Å². The van der Waals surface area contributed by atoms with Crippen molar-refractivity contribution in [3.63, 3.8) is 0 Å². The van der Waals surface area contributed by atoms with Gasteiger partial charge in [0.2, 0.25) is 5.79 Å². The number of benzene rings is 9. The van der Waals surface area contributed by atoms with Gasteiger partial charge >= 0.3 is 0 Å². The van der Waals surface area contributed by atoms with Crippen LogP contribution in [0.3, 0.4) is 0 Å². The summed E-state index contributed by atoms with van der Waals surface area (Å²) in [4.78, 5) is 0. The van der Waals surface area contributed by atoms with Crippen molar-refractivity contribution in [2.45, 2.75) is 165 Å². The first-order valence-corrected chi connectivity index (χ1v) is 38.2. The summed E-state index contributed by atoms with van der Waals surface area (Å²) in [6, 6.07) is 87.8. The summed E-state index contributed by atoms with van der Waals surface area (Å²) in [6.07, 6.45) is -13.3. The summed E-state index contributed by atoms with van der Waals surface area (Å²) < 4.78 is 135. The second-order valence-electron chi connectivity index (χ2n) is 26.9. The lowest BCUT2D eigenvalue weighted by atomic mass is 9.80. The molecule has 1 N–H and O–H groups in total. The molecule has 15 atom stereocenters. The summed E-state index contributed by atoms with van der Waals surface area (Å²) in [5.41, 5.74) is 7.93. The first kappa shape index (κ1) is 77.9. The molecule has 19 heteroatoms. The molecule has 0 bridgehead atoms. The fraction of sp³-hybridized carbons (Fsp3) is 0.379. The molecule has 9 aromatic carbocycles. The molecular weight excluding hydrogens is 1370 g/mol. The van der Waals surface area contributed by atoms with Crippen LogP contribution in [0.25, 0.3) is 0 Å². The van der Waals surface area contributed by atoms with Crippen LogP contribution in [0.15, 0.2) is 273 Å². The third kappa shape index (κ3) is 22.7. The molecule has 0 spiro atoms. The molecule has 2 aliphatic heterocycles. The second kappa shape index (κ2) is 40.5. The lowest BCUT2D eigenvalue weighted by Gasteiger charge is -2.55. The predicted molar refractivity (Wildman–Crippen MR) is 399 cm³/mol. The Hall–Kier alpha value is -7.71. The maximum absolute atomic E-state index is 15.2. The van der Waals surface area contributed by atoms with E-state index in [1.165, 1.54) is 0 Å². The highest BCUT2D eigenvalue weighted by Gasteiger charge is 2.63. The number of aliphatic hydroxyl groups excluding tert-OH is 1. The van der Waals surface area contributed by atoms with Crippen molar-refractivity contribution in [3.8, 4) is 0 Å². The zero-order valence-corrected chi connectivity index (χ0v) is 61.0. The van der Waals surface area contributed by atoms with Gasteiger partial charge in [0.05, 0.1) is 111 Å². The first-order valence-electron chi connectivity index (χ1n) is 36.7. The Morgan fingerprint density at radius 2 is 0.736 bits per heavy atom. The Bertz CT molecular complexity index is 4020. The van der Waals surface area contributed by atoms with Crippen molar-refractivity contribution < 1.29 is 84.0 Å². The molecule has 12 rings (SSSR count). The third-order valence-corrected chi connectivity index (χ3v) is 20.4. The van der Waals surface area contributed by atoms with E-state index in [1.54, 1.807) is 6.92 Å². The molecular formula is C87H98O18S. The van der Waals surface area contributed by atoms with Crippen molar-refractivity contribution in [1.82, 2.24) is 0 Å². The van der Waals surface area contributed by atoms with Crippen LogP contribution in [0, 0.1) is 5.92 Å². The van der Waals surface area contributed by atoms with Gasteiger partial charge in [0, 0.05) is 5.92 Å². The highest BCUT2D eigenvalue weighted by atomic mass is 32.2. The van der Waals surface area contributed by atoms with Crippen LogP contribution >= 0.6 is 0 Å². The van der Waals surface area contributed by atoms with Crippen LogP contribution in [0.1, 0.15) is 70.3 Å². The van der Waals surface area contributed by atoms with E-state index in [-0.39, 0.29) is 92.3 Å². The molecule has 2 heterocycles. The number of hydrogen-bond donors (Lipinski definition) is 1. The monoisotopic (exact) mass is 1460 g/mol. The largest absolute Gasteiger partial charge is 0.390 e. The molecule has 0 aromatic heterocycles. The van der Waals surface area contributed by atoms with Crippen LogP contribution < -0.4 is 0 Å². The average Bonchev–Trinajstić information content (AvgIpc) is 0.734. The van der Waals surface area contributed by atoms with Gasteiger partial charge in [0.1, 0.15) is 60.7 Å². The lowest BCUT2D eigenvalue weighted by Crippen LogP contribution is -2.72. The summed E-state index contributed by atoms with van der Waals surface area (Å²) in [6.45, 7) is 4.31. The maximum Gasteiger partial charge on any atom is 0.272 e. The smallest absolute Gasteiger partial charge is 0.272 e. The quantitative estimate of drug-likeness (QED) is 0.0281. The molecule has 3 fully saturated rings. The van der Waals surface area contributed by atoms with Crippen molar-refractivity contribution >= 4 is 10.1 Å². The third-order valence-electron chi connectivity index (χ3n) is 19.1. The SMILES string of the molecule is CCOS(=O)(=O)C[C@]1(O[C@H]2[C@@H](O)[C@@H](COCc3ccccc3)C[C@@H](OCCO[C@@H]3O[C@@H](C)[C@@H](OCc4ccccc4)[C@@H](OCc4ccccc4)[C@@H]3OCc3ccccc3)[C@@H]2OCc2ccccc2)O[C@H](COCc2ccccc2)[C@@H](OCc2ccccc2)[C@H](OCc2ccccc2)[C@H]1OCc1ccccc1. The van der Waals surface area contributed by atoms with E-state index in [1.807, 2.05) is 280 Å². The summed E-state index contributed by atoms with van der Waals surface area (Å²) in [5, 5.41) is 13.6. The van der Waals surface area contributed by atoms with Gasteiger partial charge < -0.3 is 71.4 Å². The normalized spacial score (nSPS) is 25.4. The Kier molecular flexibility index (Phi) is 29.7. The zero-order valence-electron chi connectivity index (χ0n) is 60.2. The van der Waals surface area contributed by atoms with Crippen molar-refractivity contribution in [1.29, 1.82) is 0 Å². The number of hydrogen-bond acceptors (Lipinski definition) is 18. The van der Waals surface area contributed by atoms with E-state index < -0.39 is 107 Å². The van der Waals surface area contributed by atoms with Crippen molar-refractivity contribution in [3.05, 3.63) is 323 Å². The molecule has 106 heavy (non-hydrogen) atoms. The van der Waals surface area contributed by atoms with Gasteiger partial charge in [0.25, 0.3) is 10.1 Å². The highest BCUT2D eigenvalue weighted by molar-refractivity contribution is 7.86. The van der Waals surface area contributed by atoms with Gasteiger partial charge in [0.15, 0.2) is 6.29 Å². The van der Waals surface area contributed by atoms with Gasteiger partial charge in [-0.2, -0.15) is 8.42 Å². The minimum atomic E-state index is -4.67. The zero-order chi connectivity index (χ0) is 73.0. The van der Waals surface area contributed by atoms with E-state index in [4.69, 9.17) is 70.5 Å². The molecule has 3 aliphatic rings. The van der Waals surface area contributed by atoms with Gasteiger partial charge in [-0.15, -0.1) is 0 Å². The number of ether oxygens (including phenoxy) is 14. The highest BCUT2D eigenvalue weighted by Crippen LogP contribution is 2.44. The number of rotatable bonds is 40. The van der Waals surface area contributed by atoms with E-state index in [2.05, 4.69) is 0 Å². The van der Waals surface area contributed by atoms with Gasteiger partial charge in [-0.3, -0.25) is 4.18 Å². The molecule has 1 saturated carbocycles. The van der Waals surface area contributed by atoms with Gasteiger partial charge in [-0.25, -0.2) is 0 Å². The molecule has 18 nitrogen and oxygen atoms in total. The van der Waals surface area contributed by atoms with Crippen LogP contribution in [-0.4, -0.2) is 138 Å². The Morgan fingerprint density at radius 1 is 0.387 bits per heavy atom. The van der Waals surface area contributed by atoms with Crippen molar-refractivity contribution in [2.75, 3.05) is 38.8 Å². The molecule has 0 unspecified atom stereocenters. The average molecular weight is 1460 g/mol. The lowest BCUT2D eigenvalue weighted by molar-refractivity contribution is -0.399. The van der Waals surface area contributed by atoms with Crippen LogP contribution in [0.4, 0.5) is 0 Å². The fourth-order valence-corrected chi connectivity index (χ4v) is 15.0. The summed E-state index contributed by atoms with van der Waals surface area (Å²) in [5.74, 6) is -4.15. The summed E-state index contributed by atoms with van der Waals surface area (Å²) in [7, 11) is -4.67. The molecule has 2 saturated heterocycles. The van der Waals surface area contributed by atoms with Gasteiger partial charge in [-0.1, -0.05) is 273 Å². The van der Waals surface area contributed by atoms with E-state index in [0.29, 0.717) is 6.61 Å². The Balaban J connectivity index is 0.925. The standard InChI is InChI=1S/C87H98O18S/c1-3-102-106(89,90)63-87(85(101-60-73-47-29-12-30-48-73)83(99-58-71-43-25-10-26-44-71)80(97-56-69-39-21-8-22-40-69)76(104-87)62-92-53-66-33-15-5-16-34-66)105-81-77(88)74(61-91-52-65-31-13-4-14-32-65)51-75(79(81)96-55-68-37-19-7-20-38-68)93-49-50-94-86-84(100-59-72-45-27-11-28-46-72)82(98-57-70-41-23-9-24-42-70)78(64(2)103-86)95-54-67-35-17-6-18-36-67/h4-48,64,74-86,88H,3,49-63H2,1-2H3/t64-,74+,75+,76+,77-,78+,79-,80+,81-,82+,83-,84-,85+,86+,87+/m0/s1. The maximum atomic E-state index is 15.2. The molecule has 0 radical (unpaired) electrons. The fourth-order valence-electron chi connectivity index (χ4n) is 13.8. The second-order valence-corrected chi connectivity index (χ2v) is 28.6. The molecule has 9 aromatic rings. The van der Waals surface area contributed by atoms with Crippen LogP contribution in [0.2, 0.25) is 0 Å². The minimum absolute atomic E-state index is 0.0109. The summed E-state index contributed by atoms with van der Waals surface area (Å²) >= 11 is 0. The van der Waals surface area contributed by atoms with Gasteiger partial charge in [-0.05, 0) is 70.3 Å². The van der Waals surface area contributed by atoms with E-state index >= 15 is 8.42 Å². The molecule has 0 amide bonds. The van der Waals surface area contributed by atoms with E-state index in [9.17, 15) is 5.11 Å².